The Kier molecular flexibility index (Phi) is 3.92. The average molecular weight is 325 g/mol. The van der Waals surface area contributed by atoms with Crippen LogP contribution in [0.2, 0.25) is 0 Å². The lowest BCUT2D eigenvalue weighted by Crippen LogP contribution is -2.41. The van der Waals surface area contributed by atoms with Crippen molar-refractivity contribution in [2.24, 2.45) is 0 Å². The van der Waals surface area contributed by atoms with E-state index in [9.17, 15) is 9.90 Å². The molecule has 0 saturated carbocycles. The standard InChI is InChI=1S/C10H10ClIO2/c1-2-3-8(13)10(12)6-7(11)4-5-9(10)14/h2-6,9,14H,1H3/b3-2+. The van der Waals surface area contributed by atoms with Gasteiger partial charge >= 0.3 is 0 Å². The van der Waals surface area contributed by atoms with E-state index in [4.69, 9.17) is 11.6 Å². The molecule has 2 nitrogen and oxygen atoms in total. The Labute approximate surface area is 101 Å². The molecule has 2 atom stereocenters. The fourth-order valence-electron chi connectivity index (χ4n) is 1.15. The third-order valence-corrected chi connectivity index (χ3v) is 3.63. The summed E-state index contributed by atoms with van der Waals surface area (Å²) in [6.45, 7) is 1.76. The first-order valence-electron chi connectivity index (χ1n) is 4.11. The summed E-state index contributed by atoms with van der Waals surface area (Å²) in [5.41, 5.74) is 0. The molecule has 0 aromatic heterocycles. The number of hydrogen-bond acceptors (Lipinski definition) is 2. The van der Waals surface area contributed by atoms with E-state index >= 15 is 0 Å². The summed E-state index contributed by atoms with van der Waals surface area (Å²) < 4.78 is -0.962. The maximum Gasteiger partial charge on any atom is 0.178 e. The number of aliphatic hydroxyl groups excluding tert-OH is 1. The van der Waals surface area contributed by atoms with E-state index in [2.05, 4.69) is 0 Å². The summed E-state index contributed by atoms with van der Waals surface area (Å²) >= 11 is 7.71. The van der Waals surface area contributed by atoms with E-state index < -0.39 is 9.53 Å². The lowest BCUT2D eigenvalue weighted by Gasteiger charge is -2.27. The largest absolute Gasteiger partial charge is 0.387 e. The van der Waals surface area contributed by atoms with Crippen LogP contribution in [0.3, 0.4) is 0 Å². The average Bonchev–Trinajstić information content (AvgIpc) is 2.12. The summed E-state index contributed by atoms with van der Waals surface area (Å²) in [6.07, 6.45) is 6.95. The first-order valence-corrected chi connectivity index (χ1v) is 5.57. The van der Waals surface area contributed by atoms with Crippen molar-refractivity contribution < 1.29 is 9.90 Å². The summed E-state index contributed by atoms with van der Waals surface area (Å²) in [7, 11) is 0. The highest BCUT2D eigenvalue weighted by Gasteiger charge is 2.39. The van der Waals surface area contributed by atoms with E-state index in [1.54, 1.807) is 25.2 Å². The van der Waals surface area contributed by atoms with E-state index in [1.165, 1.54) is 12.2 Å². The molecule has 76 valence electrons. The van der Waals surface area contributed by atoms with Crippen molar-refractivity contribution in [1.29, 1.82) is 0 Å². The van der Waals surface area contributed by atoms with Crippen LogP contribution in [0, 0.1) is 0 Å². The van der Waals surface area contributed by atoms with Crippen molar-refractivity contribution in [2.45, 2.75) is 16.4 Å². The number of halogens is 2. The number of ketones is 1. The molecule has 1 aliphatic rings. The third kappa shape index (κ3) is 2.27. The molecule has 4 heteroatoms. The van der Waals surface area contributed by atoms with Gasteiger partial charge in [-0.3, -0.25) is 4.79 Å². The third-order valence-electron chi connectivity index (χ3n) is 1.91. The van der Waals surface area contributed by atoms with Crippen molar-refractivity contribution >= 4 is 40.0 Å². The van der Waals surface area contributed by atoms with Crippen molar-refractivity contribution in [3.8, 4) is 0 Å². The molecule has 0 saturated heterocycles. The summed E-state index contributed by atoms with van der Waals surface area (Å²) in [4.78, 5) is 11.7. The van der Waals surface area contributed by atoms with Gasteiger partial charge in [0.05, 0.1) is 6.10 Å². The van der Waals surface area contributed by atoms with Crippen molar-refractivity contribution in [1.82, 2.24) is 0 Å². The number of allylic oxidation sites excluding steroid dienone is 4. The molecule has 1 N–H and O–H groups in total. The van der Waals surface area contributed by atoms with E-state index in [0.29, 0.717) is 5.03 Å². The van der Waals surface area contributed by atoms with Crippen molar-refractivity contribution in [2.75, 3.05) is 0 Å². The van der Waals surface area contributed by atoms with Crippen LogP contribution in [-0.4, -0.2) is 20.4 Å². The molecule has 14 heavy (non-hydrogen) atoms. The number of carbonyl (C=O) groups is 1. The predicted molar refractivity (Wildman–Crippen MR) is 65.7 cm³/mol. The Morgan fingerprint density at radius 2 is 2.43 bits per heavy atom. The molecular formula is C10H10ClIO2. The molecule has 0 bridgehead atoms. The second kappa shape index (κ2) is 4.59. The Balaban J connectivity index is 3.04. The molecule has 1 rings (SSSR count). The van der Waals surface area contributed by atoms with Gasteiger partial charge < -0.3 is 5.11 Å². The smallest absolute Gasteiger partial charge is 0.178 e. The fourth-order valence-corrected chi connectivity index (χ4v) is 2.31. The highest BCUT2D eigenvalue weighted by molar-refractivity contribution is 14.1. The molecule has 0 aliphatic heterocycles. The first-order chi connectivity index (χ1) is 6.50. The van der Waals surface area contributed by atoms with Crippen LogP contribution in [0.25, 0.3) is 0 Å². The van der Waals surface area contributed by atoms with Gasteiger partial charge in [0.25, 0.3) is 0 Å². The van der Waals surface area contributed by atoms with E-state index in [0.717, 1.165) is 0 Å². The van der Waals surface area contributed by atoms with Gasteiger partial charge in [-0.2, -0.15) is 0 Å². The second-order valence-electron chi connectivity index (χ2n) is 2.97. The van der Waals surface area contributed by atoms with Crippen LogP contribution in [0.15, 0.2) is 35.4 Å². The van der Waals surface area contributed by atoms with Gasteiger partial charge in [-0.1, -0.05) is 46.3 Å². The van der Waals surface area contributed by atoms with Crippen LogP contribution in [-0.2, 0) is 4.79 Å². The molecule has 0 fully saturated rings. The zero-order chi connectivity index (χ0) is 10.8. The molecule has 0 aromatic rings. The van der Waals surface area contributed by atoms with Gasteiger partial charge in [0, 0.05) is 5.03 Å². The Bertz CT molecular complexity index is 333. The van der Waals surface area contributed by atoms with Crippen LogP contribution in [0.1, 0.15) is 6.92 Å². The Hall–Kier alpha value is -0.130. The molecule has 2 unspecified atom stereocenters. The van der Waals surface area contributed by atoms with Gasteiger partial charge in [-0.05, 0) is 25.2 Å². The molecule has 0 heterocycles. The van der Waals surface area contributed by atoms with Gasteiger partial charge in [-0.15, -0.1) is 0 Å². The molecular weight excluding hydrogens is 314 g/mol. The van der Waals surface area contributed by atoms with E-state index in [1.807, 2.05) is 22.6 Å². The Morgan fingerprint density at radius 1 is 1.79 bits per heavy atom. The van der Waals surface area contributed by atoms with Gasteiger partial charge in [-0.25, -0.2) is 0 Å². The number of hydrogen-bond donors (Lipinski definition) is 1. The van der Waals surface area contributed by atoms with Crippen LogP contribution >= 0.6 is 34.2 Å². The van der Waals surface area contributed by atoms with Crippen LogP contribution in [0.5, 0.6) is 0 Å². The van der Waals surface area contributed by atoms with Gasteiger partial charge in [0.2, 0.25) is 0 Å². The molecule has 0 radical (unpaired) electrons. The van der Waals surface area contributed by atoms with Crippen LogP contribution in [0.4, 0.5) is 0 Å². The zero-order valence-electron chi connectivity index (χ0n) is 7.58. The van der Waals surface area contributed by atoms with Crippen molar-refractivity contribution in [3.63, 3.8) is 0 Å². The number of carbonyl (C=O) groups excluding carboxylic acids is 1. The number of alkyl halides is 1. The van der Waals surface area contributed by atoms with E-state index in [-0.39, 0.29) is 5.78 Å². The number of rotatable bonds is 2. The SMILES string of the molecule is C/C=C/C(=O)C1(I)C=C(Cl)C=CC1O. The quantitative estimate of drug-likeness (QED) is 0.481. The lowest BCUT2D eigenvalue weighted by molar-refractivity contribution is -0.116. The second-order valence-corrected chi connectivity index (χ2v) is 5.19. The summed E-state index contributed by atoms with van der Waals surface area (Å²) in [5.74, 6) is -0.157. The van der Waals surface area contributed by atoms with Crippen LogP contribution < -0.4 is 0 Å². The van der Waals surface area contributed by atoms with Crippen molar-refractivity contribution in [3.05, 3.63) is 35.4 Å². The molecule has 0 aromatic carbocycles. The minimum atomic E-state index is -0.962. The minimum absolute atomic E-state index is 0.157. The lowest BCUT2D eigenvalue weighted by atomic mass is 9.93. The monoisotopic (exact) mass is 324 g/mol. The van der Waals surface area contributed by atoms with Gasteiger partial charge in [0.15, 0.2) is 5.78 Å². The maximum atomic E-state index is 11.7. The van der Waals surface area contributed by atoms with Gasteiger partial charge in [0.1, 0.15) is 3.42 Å². The first kappa shape index (κ1) is 11.9. The number of aliphatic hydroxyl groups is 1. The maximum absolute atomic E-state index is 11.7. The normalized spacial score (nSPS) is 32.0. The molecule has 0 amide bonds. The summed E-state index contributed by atoms with van der Waals surface area (Å²) in [6, 6.07) is 0. The highest BCUT2D eigenvalue weighted by Crippen LogP contribution is 2.33. The summed E-state index contributed by atoms with van der Waals surface area (Å²) in [5, 5.41) is 10.2. The Morgan fingerprint density at radius 3 is 3.00 bits per heavy atom. The highest BCUT2D eigenvalue weighted by atomic mass is 127. The minimum Gasteiger partial charge on any atom is -0.387 e. The zero-order valence-corrected chi connectivity index (χ0v) is 10.5. The fraction of sp³-hybridized carbons (Fsp3) is 0.300. The molecule has 1 aliphatic carbocycles. The molecule has 0 spiro atoms. The topological polar surface area (TPSA) is 37.3 Å². The predicted octanol–water partition coefficient (Wildman–Crippen LogP) is 2.36.